The Labute approximate surface area is 477 Å². The average molecular weight is 1210 g/mol. The van der Waals surface area contributed by atoms with Gasteiger partial charge in [-0.25, -0.2) is 28.0 Å². The highest BCUT2D eigenvalue weighted by atomic mass is 35.5. The molecule has 0 aliphatic carbocycles. The molecule has 0 radical (unpaired) electrons. The second-order valence-electron chi connectivity index (χ2n) is 21.5. The van der Waals surface area contributed by atoms with Gasteiger partial charge in [-0.15, -0.1) is 38.7 Å². The Kier molecular flexibility index (Phi) is 28.0. The Balaban J connectivity index is 0.0000336. The third-order valence-electron chi connectivity index (χ3n) is 12.2. The largest absolute Gasteiger partial charge is 0.573 e. The number of hydrogen-bond donors (Lipinski definition) is 2. The van der Waals surface area contributed by atoms with Gasteiger partial charge in [-0.2, -0.15) is 0 Å². The number of alkyl halides is 8. The average Bonchev–Trinajstić information content (AvgIpc) is 3.33. The molecule has 2 N–H and O–H groups in total. The lowest BCUT2D eigenvalue weighted by Gasteiger charge is -2.35. The first-order chi connectivity index (χ1) is 37.0. The highest BCUT2D eigenvalue weighted by Crippen LogP contribution is 2.28. The summed E-state index contributed by atoms with van der Waals surface area (Å²) in [5.74, 6) is -11.5. The maximum absolute atomic E-state index is 15.5. The van der Waals surface area contributed by atoms with E-state index in [9.17, 15) is 69.8 Å². The topological polar surface area (TPSA) is 234 Å². The number of carboxylic acid groups (broad SMARTS) is 1. The van der Waals surface area contributed by atoms with E-state index in [1.54, 1.807) is 13.8 Å². The maximum Gasteiger partial charge on any atom is 0.573 e. The highest BCUT2D eigenvalue weighted by Gasteiger charge is 2.43. The minimum atomic E-state index is -5.08. The lowest BCUT2D eigenvalue weighted by atomic mass is 9.98. The van der Waals surface area contributed by atoms with E-state index in [1.165, 1.54) is 14.0 Å². The number of carbonyl (C=O) groups is 8. The molecule has 0 spiro atoms. The van der Waals surface area contributed by atoms with Gasteiger partial charge in [0.25, 0.3) is 17.7 Å². The first kappa shape index (κ1) is 73.5. The smallest absolute Gasteiger partial charge is 0.478 e. The van der Waals surface area contributed by atoms with Crippen molar-refractivity contribution in [1.82, 2.24) is 20.0 Å². The van der Waals surface area contributed by atoms with Crippen LogP contribution in [-0.4, -0.2) is 168 Å². The third kappa shape index (κ3) is 25.3. The number of carbonyl (C=O) groups excluding carboxylic acids is 7. The number of amides is 3. The predicted octanol–water partition coefficient (Wildman–Crippen LogP) is 7.90. The van der Waals surface area contributed by atoms with Crippen LogP contribution < -0.4 is 14.8 Å². The molecule has 2 aromatic rings. The summed E-state index contributed by atoms with van der Waals surface area (Å²) in [5.41, 5.74) is -4.30. The van der Waals surface area contributed by atoms with Crippen molar-refractivity contribution in [2.75, 3.05) is 28.2 Å². The monoisotopic (exact) mass is 1210 g/mol. The molecular weight excluding hydrogens is 1130 g/mol. The molecule has 0 aliphatic heterocycles. The molecule has 0 saturated carbocycles. The van der Waals surface area contributed by atoms with Crippen LogP contribution in [0.3, 0.4) is 0 Å². The van der Waals surface area contributed by atoms with Gasteiger partial charge in [0.2, 0.25) is 6.10 Å². The molecule has 464 valence electrons. The van der Waals surface area contributed by atoms with E-state index in [4.69, 9.17) is 18.9 Å². The standard InChI is InChI=1S/C54H74F8N4O15.ClH/c1-29(2)23-37(63-11)47(72)76-31(5)43(67)65(13)39(27-51(7,8)55)49(74)78-41(25-33-15-19-35(20-16-33)80-53(57,58)59)45(69)64(12)38(24-30(3)4)48(73)77-32(6)44(68)66(14)40(28-52(9,10)56)50(75)79-42(46(70)71)26-34-17-21-36(22-18-34)81-54(60,61)62;/h15-22,29-32,37-42,63H,23-28H2,1-14H3,(H,70,71);1H/t31-,32-,37+,38-,39+,40+,41-,42-;/m1./s1. The van der Waals surface area contributed by atoms with Gasteiger partial charge >= 0.3 is 42.6 Å². The van der Waals surface area contributed by atoms with Crippen LogP contribution >= 0.6 is 12.4 Å². The van der Waals surface area contributed by atoms with E-state index < -0.39 is 163 Å². The fourth-order valence-corrected chi connectivity index (χ4v) is 8.09. The van der Waals surface area contributed by atoms with E-state index >= 15 is 8.78 Å². The second-order valence-corrected chi connectivity index (χ2v) is 21.5. The summed E-state index contributed by atoms with van der Waals surface area (Å²) in [6.45, 7) is 13.5. The van der Waals surface area contributed by atoms with Gasteiger partial charge in [0, 0.05) is 46.8 Å². The van der Waals surface area contributed by atoms with Crippen molar-refractivity contribution < 1.29 is 107 Å². The summed E-state index contributed by atoms with van der Waals surface area (Å²) in [7, 11) is 4.72. The normalized spacial score (nSPS) is 15.0. The number of benzene rings is 2. The molecule has 0 fully saturated rings. The van der Waals surface area contributed by atoms with Gasteiger partial charge in [-0.3, -0.25) is 19.2 Å². The van der Waals surface area contributed by atoms with E-state index in [2.05, 4.69) is 14.8 Å². The van der Waals surface area contributed by atoms with E-state index in [0.717, 1.165) is 114 Å². The van der Waals surface area contributed by atoms with Crippen molar-refractivity contribution in [2.24, 2.45) is 11.8 Å². The molecule has 82 heavy (non-hydrogen) atoms. The number of likely N-dealkylation sites (N-methyl/N-ethyl adjacent to an activating group) is 4. The van der Waals surface area contributed by atoms with Gasteiger partial charge in [-0.05, 0) is 109 Å². The number of esters is 4. The van der Waals surface area contributed by atoms with E-state index in [-0.39, 0.29) is 35.9 Å². The number of hydrogen-bond acceptors (Lipinski definition) is 15. The van der Waals surface area contributed by atoms with Gasteiger partial charge in [0.1, 0.15) is 47.0 Å². The molecule has 2 aromatic carbocycles. The fraction of sp³-hybridized carbons (Fsp3) is 0.630. The number of ether oxygens (including phenoxy) is 6. The van der Waals surface area contributed by atoms with Crippen LogP contribution in [0.5, 0.6) is 11.5 Å². The van der Waals surface area contributed by atoms with Crippen LogP contribution in [0.2, 0.25) is 0 Å². The zero-order chi connectivity index (χ0) is 62.3. The van der Waals surface area contributed by atoms with Crippen LogP contribution in [0.25, 0.3) is 0 Å². The van der Waals surface area contributed by atoms with E-state index in [0.29, 0.717) is 11.3 Å². The Bertz CT molecular complexity index is 2450. The van der Waals surface area contributed by atoms with Crippen molar-refractivity contribution in [3.05, 3.63) is 59.7 Å². The Morgan fingerprint density at radius 2 is 0.829 bits per heavy atom. The summed E-state index contributed by atoms with van der Waals surface area (Å²) in [5, 5.41) is 12.7. The van der Waals surface area contributed by atoms with Gasteiger partial charge in [-0.1, -0.05) is 52.0 Å². The molecule has 8 atom stereocenters. The maximum atomic E-state index is 15.5. The lowest BCUT2D eigenvalue weighted by Crippen LogP contribution is -2.54. The van der Waals surface area contributed by atoms with Crippen LogP contribution in [0, 0.1) is 11.8 Å². The Morgan fingerprint density at radius 3 is 1.16 bits per heavy atom. The molecule has 2 rings (SSSR count). The number of aliphatic carboxylic acids is 1. The summed E-state index contributed by atoms with van der Waals surface area (Å²) >= 11 is 0. The van der Waals surface area contributed by atoms with Gasteiger partial charge in [0.05, 0.1) is 0 Å². The lowest BCUT2D eigenvalue weighted by molar-refractivity contribution is -0.275. The predicted molar refractivity (Wildman–Crippen MR) is 280 cm³/mol. The molecule has 0 unspecified atom stereocenters. The second kappa shape index (κ2) is 31.2. The zero-order valence-corrected chi connectivity index (χ0v) is 48.9. The van der Waals surface area contributed by atoms with Crippen LogP contribution in [0.4, 0.5) is 35.1 Å². The number of nitrogens with one attached hydrogen (secondary N) is 1. The molecule has 3 amide bonds. The fourth-order valence-electron chi connectivity index (χ4n) is 8.09. The summed E-state index contributed by atoms with van der Waals surface area (Å²) < 4.78 is 138. The first-order valence-electron chi connectivity index (χ1n) is 25.6. The Morgan fingerprint density at radius 1 is 0.500 bits per heavy atom. The molecule has 0 aliphatic rings. The molecular formula is C54H75ClF8N4O15. The van der Waals surface area contributed by atoms with Crippen molar-refractivity contribution in [1.29, 1.82) is 0 Å². The summed E-state index contributed by atoms with van der Waals surface area (Å²) in [6, 6.07) is 1.81. The quantitative estimate of drug-likeness (QED) is 0.0430. The van der Waals surface area contributed by atoms with Crippen LogP contribution in [0.15, 0.2) is 48.5 Å². The summed E-state index contributed by atoms with van der Waals surface area (Å²) in [4.78, 5) is 112. The van der Waals surface area contributed by atoms with Crippen LogP contribution in [0.1, 0.15) is 106 Å². The number of nitrogens with zero attached hydrogens (tertiary/aromatic N) is 3. The molecule has 0 aromatic heterocycles. The minimum absolute atomic E-state index is 0. The molecule has 28 heteroatoms. The molecule has 0 bridgehead atoms. The van der Waals surface area contributed by atoms with Crippen molar-refractivity contribution in [3.63, 3.8) is 0 Å². The number of rotatable bonds is 30. The Hall–Kier alpha value is -6.51. The molecule has 19 nitrogen and oxygen atoms in total. The first-order valence-corrected chi connectivity index (χ1v) is 25.6. The molecule has 0 saturated heterocycles. The van der Waals surface area contributed by atoms with Gasteiger partial charge in [0.15, 0.2) is 18.3 Å². The SMILES string of the molecule is CN[C@@H](CC(C)C)C(=O)O[C@H](C)C(=O)N(C)[C@@H](CC(C)(C)F)C(=O)O[C@H](Cc1ccc(OC(F)(F)F)cc1)C(=O)N(C)[C@H](CC(C)C)C(=O)O[C@H](C)C(=O)N(C)[C@@H](CC(C)(C)F)C(=O)O[C@H](Cc1ccc(OC(F)(F)F)cc1)C(=O)O.Cl. The summed E-state index contributed by atoms with van der Waals surface area (Å²) in [6.07, 6.45) is -20.1. The third-order valence-corrected chi connectivity index (χ3v) is 12.2. The number of carboxylic acids is 1. The highest BCUT2D eigenvalue weighted by molar-refractivity contribution is 5.93. The van der Waals surface area contributed by atoms with E-state index in [1.807, 2.05) is 13.8 Å². The van der Waals surface area contributed by atoms with Crippen LogP contribution in [-0.2, 0) is 70.1 Å². The number of halogens is 9. The zero-order valence-electron chi connectivity index (χ0n) is 48.1. The molecule has 0 heterocycles. The minimum Gasteiger partial charge on any atom is -0.478 e. The van der Waals surface area contributed by atoms with Crippen molar-refractivity contribution >= 4 is 60.0 Å². The van der Waals surface area contributed by atoms with Crippen molar-refractivity contribution in [2.45, 2.75) is 180 Å². The van der Waals surface area contributed by atoms with Crippen molar-refractivity contribution in [3.8, 4) is 11.5 Å². The van der Waals surface area contributed by atoms with Gasteiger partial charge < -0.3 is 53.5 Å².